The summed E-state index contributed by atoms with van der Waals surface area (Å²) in [4.78, 5) is 21.4. The fourth-order valence-electron chi connectivity index (χ4n) is 2.32. The van der Waals surface area contributed by atoms with Gasteiger partial charge in [-0.1, -0.05) is 0 Å². The van der Waals surface area contributed by atoms with Crippen molar-refractivity contribution in [1.82, 2.24) is 0 Å². The zero-order chi connectivity index (χ0) is 23.3. The lowest BCUT2D eigenvalue weighted by atomic mass is 9.99. The first-order valence-electron chi connectivity index (χ1n) is 7.59. The number of nitrogens with one attached hydrogen (secondary N) is 1. The SMILES string of the molecule is CCOc1ccc(NC(=O)C(F)(F)C2(F)OC(F)(F)C(F)(F)C2(F)F)c([N+](=O)[O-])c1. The Bertz CT molecular complexity index is 879. The quantitative estimate of drug-likeness (QED) is 0.395. The fraction of sp³-hybridized carbons (Fsp3) is 0.500. The fourth-order valence-corrected chi connectivity index (χ4v) is 2.32. The Balaban J connectivity index is 2.45. The lowest BCUT2D eigenvalue weighted by Gasteiger charge is -2.31. The first-order valence-corrected chi connectivity index (χ1v) is 7.59. The van der Waals surface area contributed by atoms with E-state index in [0.717, 1.165) is 11.4 Å². The maximum Gasteiger partial charge on any atom is 0.428 e. The van der Waals surface area contributed by atoms with Crippen LogP contribution in [0.2, 0.25) is 0 Å². The Morgan fingerprint density at radius 3 is 2.17 bits per heavy atom. The number of hydrogen-bond donors (Lipinski definition) is 1. The smallest absolute Gasteiger partial charge is 0.428 e. The summed E-state index contributed by atoms with van der Waals surface area (Å²) in [6.07, 6.45) is -6.40. The third kappa shape index (κ3) is 3.09. The van der Waals surface area contributed by atoms with Crippen molar-refractivity contribution in [2.75, 3.05) is 11.9 Å². The number of hydrogen-bond acceptors (Lipinski definition) is 5. The normalized spacial score (nSPS) is 24.3. The van der Waals surface area contributed by atoms with E-state index >= 15 is 0 Å². The van der Waals surface area contributed by atoms with Crippen molar-refractivity contribution < 1.29 is 58.7 Å². The van der Waals surface area contributed by atoms with Crippen LogP contribution in [0.25, 0.3) is 0 Å². The predicted molar refractivity (Wildman–Crippen MR) is 77.6 cm³/mol. The summed E-state index contributed by atoms with van der Waals surface area (Å²) in [5, 5.41) is 12.0. The second-order valence-electron chi connectivity index (χ2n) is 5.76. The van der Waals surface area contributed by atoms with E-state index < -0.39 is 51.9 Å². The number of anilines is 1. The number of nitro groups is 1. The van der Waals surface area contributed by atoms with Gasteiger partial charge in [-0.05, 0) is 19.1 Å². The monoisotopic (exact) mass is 456 g/mol. The molecule has 2 rings (SSSR count). The lowest BCUT2D eigenvalue weighted by Crippen LogP contribution is -2.63. The van der Waals surface area contributed by atoms with Crippen LogP contribution in [0.1, 0.15) is 6.92 Å². The minimum absolute atomic E-state index is 0.000146. The van der Waals surface area contributed by atoms with Gasteiger partial charge in [-0.2, -0.15) is 39.5 Å². The molecule has 16 heteroatoms. The molecule has 0 spiro atoms. The third-order valence-corrected chi connectivity index (χ3v) is 3.85. The molecule has 30 heavy (non-hydrogen) atoms. The van der Waals surface area contributed by atoms with E-state index in [1.807, 2.05) is 0 Å². The summed E-state index contributed by atoms with van der Waals surface area (Å²) in [6.45, 7) is 1.47. The molecule has 1 aromatic rings. The minimum Gasteiger partial charge on any atom is -0.494 e. The van der Waals surface area contributed by atoms with Crippen LogP contribution < -0.4 is 10.1 Å². The average Bonchev–Trinajstić information content (AvgIpc) is 2.71. The summed E-state index contributed by atoms with van der Waals surface area (Å²) in [5.74, 6) is -29.8. The van der Waals surface area contributed by atoms with Crippen molar-refractivity contribution in [2.24, 2.45) is 0 Å². The second kappa shape index (κ2) is 6.88. The molecule has 1 atom stereocenters. The highest BCUT2D eigenvalue weighted by Crippen LogP contribution is 2.64. The van der Waals surface area contributed by atoms with Crippen LogP contribution in [0.3, 0.4) is 0 Å². The molecule has 0 aromatic heterocycles. The van der Waals surface area contributed by atoms with E-state index in [2.05, 4.69) is 4.74 Å². The Morgan fingerprint density at radius 2 is 1.73 bits per heavy atom. The first-order chi connectivity index (χ1) is 13.5. The van der Waals surface area contributed by atoms with Crippen LogP contribution in [0.4, 0.5) is 50.9 Å². The molecule has 7 nitrogen and oxygen atoms in total. The van der Waals surface area contributed by atoms with Crippen LogP contribution >= 0.6 is 0 Å². The van der Waals surface area contributed by atoms with Gasteiger partial charge in [-0.25, -0.2) is 0 Å². The maximum absolute atomic E-state index is 14.1. The topological polar surface area (TPSA) is 90.7 Å². The van der Waals surface area contributed by atoms with E-state index in [1.165, 1.54) is 6.92 Å². The molecule has 1 heterocycles. The number of ether oxygens (including phenoxy) is 2. The number of nitro benzene ring substituents is 1. The highest BCUT2D eigenvalue weighted by atomic mass is 19.4. The molecule has 1 aliphatic rings. The average molecular weight is 456 g/mol. The molecular weight excluding hydrogens is 447 g/mol. The molecule has 1 amide bonds. The van der Waals surface area contributed by atoms with Crippen LogP contribution in [0.15, 0.2) is 18.2 Å². The molecule has 1 saturated heterocycles. The van der Waals surface area contributed by atoms with Crippen molar-refractivity contribution >= 4 is 17.3 Å². The standard InChI is InChI=1S/C14H9F9N2O5/c1-2-29-6-3-4-7(8(5-6)25(27)28)24-9(26)10(15,16)13(21)11(17,18)12(19,20)14(22,23)30-13/h3-5H,2H2,1H3,(H,24,26). The van der Waals surface area contributed by atoms with Gasteiger partial charge in [0.15, 0.2) is 0 Å². The van der Waals surface area contributed by atoms with Gasteiger partial charge in [-0.3, -0.25) is 19.6 Å². The minimum atomic E-state index is -6.87. The summed E-state index contributed by atoms with van der Waals surface area (Å²) in [5.41, 5.74) is -2.27. The van der Waals surface area contributed by atoms with E-state index in [9.17, 15) is 54.4 Å². The highest BCUT2D eigenvalue weighted by molar-refractivity contribution is 5.99. The number of rotatable bonds is 6. The molecule has 1 unspecified atom stereocenters. The zero-order valence-corrected chi connectivity index (χ0v) is 14.3. The van der Waals surface area contributed by atoms with Gasteiger partial charge in [0.05, 0.1) is 17.6 Å². The summed E-state index contributed by atoms with van der Waals surface area (Å²) in [6, 6.07) is 2.06. The number of alkyl halides is 9. The number of nitrogens with zero attached hydrogens (tertiary/aromatic N) is 1. The lowest BCUT2D eigenvalue weighted by molar-refractivity contribution is -0.384. The molecule has 0 aliphatic carbocycles. The first kappa shape index (κ1) is 23.5. The Morgan fingerprint density at radius 1 is 1.17 bits per heavy atom. The van der Waals surface area contributed by atoms with Crippen LogP contribution in [-0.4, -0.2) is 47.2 Å². The van der Waals surface area contributed by atoms with Crippen molar-refractivity contribution in [3.63, 3.8) is 0 Å². The molecule has 1 aromatic carbocycles. The molecular formula is C14H9F9N2O5. The third-order valence-electron chi connectivity index (χ3n) is 3.85. The molecule has 0 radical (unpaired) electrons. The number of carbonyl (C=O) groups is 1. The van der Waals surface area contributed by atoms with Gasteiger partial charge in [0, 0.05) is 0 Å². The molecule has 0 bridgehead atoms. The summed E-state index contributed by atoms with van der Waals surface area (Å²) in [7, 11) is 0. The molecule has 0 saturated carbocycles. The van der Waals surface area contributed by atoms with Gasteiger partial charge in [0.2, 0.25) is 0 Å². The zero-order valence-electron chi connectivity index (χ0n) is 14.3. The molecule has 1 aliphatic heterocycles. The maximum atomic E-state index is 14.1. The van der Waals surface area contributed by atoms with Gasteiger partial charge in [0.1, 0.15) is 11.4 Å². The Labute approximate surface area is 159 Å². The summed E-state index contributed by atoms with van der Waals surface area (Å²) < 4.78 is 129. The number of carbonyl (C=O) groups excluding carboxylic acids is 1. The van der Waals surface area contributed by atoms with Gasteiger partial charge < -0.3 is 10.1 Å². The Hall–Kier alpha value is -2.78. The molecule has 1 fully saturated rings. The van der Waals surface area contributed by atoms with Crippen molar-refractivity contribution in [1.29, 1.82) is 0 Å². The second-order valence-corrected chi connectivity index (χ2v) is 5.76. The van der Waals surface area contributed by atoms with Crippen LogP contribution in [-0.2, 0) is 9.53 Å². The van der Waals surface area contributed by atoms with E-state index in [0.29, 0.717) is 12.1 Å². The van der Waals surface area contributed by atoms with Gasteiger partial charge >= 0.3 is 35.6 Å². The largest absolute Gasteiger partial charge is 0.494 e. The van der Waals surface area contributed by atoms with E-state index in [-0.39, 0.29) is 12.4 Å². The van der Waals surface area contributed by atoms with E-state index in [4.69, 9.17) is 4.74 Å². The molecule has 1 N–H and O–H groups in total. The number of amides is 1. The van der Waals surface area contributed by atoms with Crippen LogP contribution in [0, 0.1) is 10.1 Å². The molecule has 168 valence electrons. The van der Waals surface area contributed by atoms with Crippen molar-refractivity contribution in [3.05, 3.63) is 28.3 Å². The van der Waals surface area contributed by atoms with E-state index in [1.54, 1.807) is 0 Å². The van der Waals surface area contributed by atoms with Crippen molar-refractivity contribution in [2.45, 2.75) is 36.7 Å². The highest BCUT2D eigenvalue weighted by Gasteiger charge is 2.96. The number of benzene rings is 1. The van der Waals surface area contributed by atoms with Gasteiger partial charge in [-0.15, -0.1) is 0 Å². The predicted octanol–water partition coefficient (Wildman–Crippen LogP) is 4.13. The number of halogens is 9. The van der Waals surface area contributed by atoms with Gasteiger partial charge in [0.25, 0.3) is 5.69 Å². The Kier molecular flexibility index (Phi) is 5.39. The van der Waals surface area contributed by atoms with Crippen LogP contribution in [0.5, 0.6) is 5.75 Å². The van der Waals surface area contributed by atoms with Crippen molar-refractivity contribution in [3.8, 4) is 5.75 Å². The summed E-state index contributed by atoms with van der Waals surface area (Å²) >= 11 is 0.